The summed E-state index contributed by atoms with van der Waals surface area (Å²) in [5.74, 6) is -3.87. The van der Waals surface area contributed by atoms with E-state index in [1.807, 2.05) is 0 Å². The second kappa shape index (κ2) is 13.9. The Hall–Kier alpha value is -6.25. The third kappa shape index (κ3) is 6.95. The molecule has 0 aliphatic carbocycles. The van der Waals surface area contributed by atoms with Gasteiger partial charge in [0, 0.05) is 56.0 Å². The summed E-state index contributed by atoms with van der Waals surface area (Å²) < 4.78 is 43.2. The Labute approximate surface area is 289 Å². The predicted molar refractivity (Wildman–Crippen MR) is 168 cm³/mol. The van der Waals surface area contributed by atoms with Crippen LogP contribution in [0.5, 0.6) is 23.0 Å². The fourth-order valence-corrected chi connectivity index (χ4v) is 6.03. The van der Waals surface area contributed by atoms with Crippen molar-refractivity contribution in [3.8, 4) is 23.0 Å². The lowest BCUT2D eigenvalue weighted by atomic mass is 9.76. The number of carbonyl (C=O) groups excluding carboxylic acids is 7. The van der Waals surface area contributed by atoms with E-state index < -0.39 is 54.2 Å². The second-order valence-corrected chi connectivity index (χ2v) is 11.7. The van der Waals surface area contributed by atoms with Crippen LogP contribution in [0, 0.1) is 0 Å². The van der Waals surface area contributed by atoms with Crippen LogP contribution >= 0.6 is 0 Å². The number of ether oxygens (including phenoxy) is 8. The maximum atomic E-state index is 13.8. The first-order valence-electron chi connectivity index (χ1n) is 15.7. The Bertz CT molecular complexity index is 2010. The van der Waals surface area contributed by atoms with Crippen LogP contribution in [0.1, 0.15) is 82.1 Å². The lowest BCUT2D eigenvalue weighted by molar-refractivity contribution is -0.165. The van der Waals surface area contributed by atoms with Gasteiger partial charge in [-0.15, -0.1) is 0 Å². The van der Waals surface area contributed by atoms with Crippen molar-refractivity contribution in [2.75, 3.05) is 20.0 Å². The molecular weight excluding hydrogens is 672 g/mol. The molecule has 0 saturated carbocycles. The van der Waals surface area contributed by atoms with E-state index >= 15 is 0 Å². The first kappa shape index (κ1) is 34.6. The highest BCUT2D eigenvalue weighted by Gasteiger charge is 2.54. The van der Waals surface area contributed by atoms with E-state index in [-0.39, 0.29) is 66.6 Å². The molecule has 0 fully saturated rings. The lowest BCUT2D eigenvalue weighted by Gasteiger charge is -2.38. The van der Waals surface area contributed by atoms with Crippen molar-refractivity contribution in [3.63, 3.8) is 0 Å². The molecule has 0 N–H and O–H groups in total. The van der Waals surface area contributed by atoms with Gasteiger partial charge in [0.25, 0.3) is 0 Å². The number of carbonyl (C=O) groups is 7. The molecule has 0 bridgehead atoms. The summed E-state index contributed by atoms with van der Waals surface area (Å²) in [6, 6.07) is 10.6. The van der Waals surface area contributed by atoms with Gasteiger partial charge in [0.15, 0.2) is 5.60 Å². The molecule has 0 aromatic heterocycles. The monoisotopic (exact) mass is 702 g/mol. The summed E-state index contributed by atoms with van der Waals surface area (Å²) in [5.41, 5.74) is 0.459. The SMILES string of the molecule is CC(=O)OCCOC(=O)c1ccc2c(c1)C(=O)OC21c2cc(CCC(=O)OCOC(C)=O)c(OC(C)=O)cc2Oc2cc3c(cc21)CCC(=O)O3. The van der Waals surface area contributed by atoms with Gasteiger partial charge in [-0.25, -0.2) is 9.59 Å². The lowest BCUT2D eigenvalue weighted by Crippen LogP contribution is -2.34. The molecule has 0 saturated heterocycles. The van der Waals surface area contributed by atoms with Crippen molar-refractivity contribution < 1.29 is 71.5 Å². The topological polar surface area (TPSA) is 193 Å². The molecule has 1 spiro atoms. The molecule has 3 aromatic rings. The maximum Gasteiger partial charge on any atom is 0.340 e. The molecule has 3 heterocycles. The van der Waals surface area contributed by atoms with Gasteiger partial charge in [0.2, 0.25) is 6.79 Å². The number of hydrogen-bond acceptors (Lipinski definition) is 15. The van der Waals surface area contributed by atoms with Gasteiger partial charge in [-0.05, 0) is 48.2 Å². The third-order valence-electron chi connectivity index (χ3n) is 8.18. The van der Waals surface area contributed by atoms with Crippen molar-refractivity contribution in [1.82, 2.24) is 0 Å². The average Bonchev–Trinajstić information content (AvgIpc) is 3.36. The highest BCUT2D eigenvalue weighted by atomic mass is 16.7. The van der Waals surface area contributed by atoms with E-state index in [0.29, 0.717) is 34.2 Å². The van der Waals surface area contributed by atoms with Crippen LogP contribution in [0.25, 0.3) is 0 Å². The fourth-order valence-electron chi connectivity index (χ4n) is 6.03. The van der Waals surface area contributed by atoms with Gasteiger partial charge in [-0.3, -0.25) is 24.0 Å². The maximum absolute atomic E-state index is 13.8. The first-order chi connectivity index (χ1) is 24.3. The molecular formula is C36H30O15. The van der Waals surface area contributed by atoms with Gasteiger partial charge in [-0.2, -0.15) is 0 Å². The number of esters is 7. The molecule has 0 amide bonds. The second-order valence-electron chi connectivity index (χ2n) is 11.7. The van der Waals surface area contributed by atoms with Crippen LogP contribution in [-0.2, 0) is 66.1 Å². The zero-order valence-corrected chi connectivity index (χ0v) is 27.6. The fraction of sp³-hybridized carbons (Fsp3) is 0.306. The van der Waals surface area contributed by atoms with Crippen molar-refractivity contribution in [2.45, 2.75) is 52.1 Å². The number of hydrogen-bond donors (Lipinski definition) is 0. The van der Waals surface area contributed by atoms with Gasteiger partial charge < -0.3 is 37.9 Å². The highest BCUT2D eigenvalue weighted by Crippen LogP contribution is 2.58. The number of fused-ring (bicyclic) bond motifs is 7. The largest absolute Gasteiger partial charge is 0.462 e. The van der Waals surface area contributed by atoms with Crippen LogP contribution in [0.3, 0.4) is 0 Å². The van der Waals surface area contributed by atoms with E-state index in [4.69, 9.17) is 33.2 Å². The highest BCUT2D eigenvalue weighted by molar-refractivity contribution is 6.00. The van der Waals surface area contributed by atoms with E-state index in [2.05, 4.69) is 4.74 Å². The van der Waals surface area contributed by atoms with Gasteiger partial charge >= 0.3 is 41.8 Å². The Morgan fingerprint density at radius 1 is 0.725 bits per heavy atom. The molecule has 15 heteroatoms. The van der Waals surface area contributed by atoms with E-state index in [1.54, 1.807) is 18.2 Å². The van der Waals surface area contributed by atoms with E-state index in [9.17, 15) is 33.6 Å². The molecule has 3 aromatic carbocycles. The standard InChI is InChI=1S/C36H30O15/c1-18(37)44-10-11-45-34(42)23-4-7-25-24(12-23)35(43)51-36(25)26-13-21(5-8-32(40)47-17-46-19(2)38)28(48-20(3)39)15-30(26)49-31-16-29-22(14-27(31)36)6-9-33(41)50-29/h4,7,12-16H,5-6,8-11,17H2,1-3H3. The molecule has 15 nitrogen and oxygen atoms in total. The summed E-state index contributed by atoms with van der Waals surface area (Å²) in [6.07, 6.45) is 0.238. The third-order valence-corrected chi connectivity index (χ3v) is 8.18. The Morgan fingerprint density at radius 2 is 1.45 bits per heavy atom. The van der Waals surface area contributed by atoms with Crippen molar-refractivity contribution in [1.29, 1.82) is 0 Å². The van der Waals surface area contributed by atoms with Crippen molar-refractivity contribution >= 4 is 41.8 Å². The van der Waals surface area contributed by atoms with Crippen molar-refractivity contribution in [2.24, 2.45) is 0 Å². The first-order valence-corrected chi connectivity index (χ1v) is 15.7. The smallest absolute Gasteiger partial charge is 0.340 e. The van der Waals surface area contributed by atoms with Crippen LogP contribution < -0.4 is 14.2 Å². The molecule has 264 valence electrons. The van der Waals surface area contributed by atoms with Gasteiger partial charge in [0.05, 0.1) is 17.5 Å². The van der Waals surface area contributed by atoms with Crippen LogP contribution in [-0.4, -0.2) is 61.8 Å². The van der Waals surface area contributed by atoms with Crippen LogP contribution in [0.4, 0.5) is 0 Å². The molecule has 51 heavy (non-hydrogen) atoms. The molecule has 3 aliphatic heterocycles. The summed E-state index contributed by atoms with van der Waals surface area (Å²) >= 11 is 0. The molecule has 6 rings (SSSR count). The minimum atomic E-state index is -1.68. The minimum Gasteiger partial charge on any atom is -0.462 e. The summed E-state index contributed by atoms with van der Waals surface area (Å²) in [6.45, 7) is 2.66. The van der Waals surface area contributed by atoms with Gasteiger partial charge in [0.1, 0.15) is 36.2 Å². The molecule has 0 radical (unpaired) electrons. The zero-order valence-electron chi connectivity index (χ0n) is 27.6. The minimum absolute atomic E-state index is 0.0171. The molecule has 3 aliphatic rings. The van der Waals surface area contributed by atoms with Crippen molar-refractivity contribution in [3.05, 3.63) is 81.4 Å². The summed E-state index contributed by atoms with van der Waals surface area (Å²) in [5, 5.41) is 0. The number of aryl methyl sites for hydroxylation is 2. The molecule has 1 unspecified atom stereocenters. The molecule has 1 atom stereocenters. The Balaban J connectivity index is 1.45. The van der Waals surface area contributed by atoms with Crippen LogP contribution in [0.15, 0.2) is 42.5 Å². The quantitative estimate of drug-likeness (QED) is 0.0974. The predicted octanol–water partition coefficient (Wildman–Crippen LogP) is 3.75. The summed E-state index contributed by atoms with van der Waals surface area (Å²) in [4.78, 5) is 85.5. The normalized spacial score (nSPS) is 16.2. The average molecular weight is 703 g/mol. The Morgan fingerprint density at radius 3 is 2.20 bits per heavy atom. The Kier molecular flexibility index (Phi) is 9.46. The number of benzene rings is 3. The van der Waals surface area contributed by atoms with E-state index in [0.717, 1.165) is 0 Å². The zero-order chi connectivity index (χ0) is 36.4. The summed E-state index contributed by atoms with van der Waals surface area (Å²) in [7, 11) is 0. The van der Waals surface area contributed by atoms with Crippen LogP contribution in [0.2, 0.25) is 0 Å². The number of rotatable bonds is 10. The van der Waals surface area contributed by atoms with Gasteiger partial charge in [-0.1, -0.05) is 6.07 Å². The van der Waals surface area contributed by atoms with E-state index in [1.165, 1.54) is 45.0 Å².